The molecule has 66 valence electrons. The van der Waals surface area contributed by atoms with Crippen LogP contribution < -0.4 is 11.2 Å². The summed E-state index contributed by atoms with van der Waals surface area (Å²) in [6.07, 6.45) is 0. The molecule has 0 saturated carbocycles. The zero-order chi connectivity index (χ0) is 11.0. The first-order chi connectivity index (χ1) is 7.13. The van der Waals surface area contributed by atoms with Gasteiger partial charge in [-0.25, -0.2) is 0 Å². The lowest BCUT2D eigenvalue weighted by molar-refractivity contribution is 1.36. The highest BCUT2D eigenvalue weighted by molar-refractivity contribution is 9.10. The molecule has 2 rings (SSSR count). The molecule has 1 aromatic heterocycles. The Balaban J connectivity index is 2.96. The van der Waals surface area contributed by atoms with Crippen LogP contribution in [0.4, 0.5) is 0 Å². The van der Waals surface area contributed by atoms with E-state index in [1.54, 1.807) is 12.1 Å². The molecule has 1 aromatic carbocycles. The molecule has 3 nitrogen and oxygen atoms in total. The fraction of sp³-hybridized carbons (Fsp3) is 0. The molecule has 0 aliphatic carbocycles. The fourth-order valence-corrected chi connectivity index (χ4v) is 1.63. The van der Waals surface area contributed by atoms with Crippen molar-refractivity contribution in [2.24, 2.45) is 0 Å². The minimum absolute atomic E-state index is 0.136. The SMILES string of the molecule is [B]c1nc2c(Br)ccc(C#N)c2nc1[B]. The summed E-state index contributed by atoms with van der Waals surface area (Å²) in [7, 11) is 11.1. The number of rotatable bonds is 0. The smallest absolute Gasteiger partial charge is 0.143 e. The Morgan fingerprint density at radius 1 is 1.13 bits per heavy atom. The van der Waals surface area contributed by atoms with Gasteiger partial charge < -0.3 is 0 Å². The lowest BCUT2D eigenvalue weighted by Gasteiger charge is -2.05. The number of hydrogen-bond donors (Lipinski definition) is 0. The van der Waals surface area contributed by atoms with E-state index in [2.05, 4.69) is 25.9 Å². The lowest BCUT2D eigenvalue weighted by atomic mass is 9.90. The molecule has 0 N–H and O–H groups in total. The van der Waals surface area contributed by atoms with Crippen LogP contribution in [0.5, 0.6) is 0 Å². The molecule has 0 unspecified atom stereocenters. The van der Waals surface area contributed by atoms with Crippen LogP contribution in [0.25, 0.3) is 11.0 Å². The van der Waals surface area contributed by atoms with E-state index in [9.17, 15) is 0 Å². The molecule has 0 bridgehead atoms. The standard InChI is InChI=1S/C9H2B2BrN3/c10-8-9(11)15-7-5(12)2-1-4(3-13)6(7)14-8/h1-2H. The predicted molar refractivity (Wildman–Crippen MR) is 62.7 cm³/mol. The van der Waals surface area contributed by atoms with Crippen molar-refractivity contribution < 1.29 is 0 Å². The quantitative estimate of drug-likeness (QED) is 0.614. The van der Waals surface area contributed by atoms with Gasteiger partial charge in [-0.3, -0.25) is 9.97 Å². The zero-order valence-corrected chi connectivity index (χ0v) is 9.12. The molecular formula is C9H2B2BrN3. The van der Waals surface area contributed by atoms with Crippen molar-refractivity contribution in [2.75, 3.05) is 0 Å². The Kier molecular flexibility index (Phi) is 2.49. The van der Waals surface area contributed by atoms with Gasteiger partial charge in [-0.15, -0.1) is 0 Å². The van der Waals surface area contributed by atoms with Gasteiger partial charge in [0.2, 0.25) is 0 Å². The summed E-state index contributed by atoms with van der Waals surface area (Å²) in [5.41, 5.74) is 1.72. The van der Waals surface area contributed by atoms with Crippen LogP contribution in [-0.4, -0.2) is 25.7 Å². The summed E-state index contributed by atoms with van der Waals surface area (Å²) in [6, 6.07) is 5.40. The van der Waals surface area contributed by atoms with Crippen molar-refractivity contribution in [1.82, 2.24) is 9.97 Å². The number of hydrogen-bond acceptors (Lipinski definition) is 3. The van der Waals surface area contributed by atoms with Crippen molar-refractivity contribution in [2.45, 2.75) is 0 Å². The molecular weight excluding hydrogens is 252 g/mol. The molecule has 0 fully saturated rings. The molecule has 0 aliphatic heterocycles. The van der Waals surface area contributed by atoms with Crippen molar-refractivity contribution >= 4 is 53.8 Å². The maximum absolute atomic E-state index is 8.88. The van der Waals surface area contributed by atoms with Crippen molar-refractivity contribution in [3.8, 4) is 6.07 Å². The van der Waals surface area contributed by atoms with Gasteiger partial charge in [0, 0.05) is 4.47 Å². The van der Waals surface area contributed by atoms with E-state index < -0.39 is 0 Å². The molecule has 0 spiro atoms. The van der Waals surface area contributed by atoms with E-state index in [-0.39, 0.29) is 11.2 Å². The second kappa shape index (κ2) is 3.67. The summed E-state index contributed by atoms with van der Waals surface area (Å²) in [5, 5.41) is 8.88. The minimum Gasteiger partial charge on any atom is -0.261 e. The molecule has 0 amide bonds. The number of nitriles is 1. The number of aromatic nitrogens is 2. The molecule has 2 aromatic rings. The Morgan fingerprint density at radius 2 is 1.73 bits per heavy atom. The van der Waals surface area contributed by atoms with Gasteiger partial charge in [-0.05, 0) is 39.2 Å². The largest absolute Gasteiger partial charge is 0.261 e. The third kappa shape index (κ3) is 1.64. The van der Waals surface area contributed by atoms with Crippen LogP contribution in [0.3, 0.4) is 0 Å². The van der Waals surface area contributed by atoms with E-state index in [0.717, 1.165) is 4.47 Å². The molecule has 0 aliphatic rings. The monoisotopic (exact) mass is 253 g/mol. The van der Waals surface area contributed by atoms with Gasteiger partial charge in [-0.1, -0.05) is 0 Å². The normalized spacial score (nSPS) is 10.1. The third-order valence-electron chi connectivity index (χ3n) is 1.95. The molecule has 4 radical (unpaired) electrons. The van der Waals surface area contributed by atoms with Crippen LogP contribution in [0, 0.1) is 11.3 Å². The summed E-state index contributed by atoms with van der Waals surface area (Å²) < 4.78 is 0.732. The van der Waals surface area contributed by atoms with E-state index >= 15 is 0 Å². The zero-order valence-electron chi connectivity index (χ0n) is 7.53. The number of halogens is 1. The van der Waals surface area contributed by atoms with Crippen LogP contribution in [0.1, 0.15) is 5.56 Å². The van der Waals surface area contributed by atoms with Gasteiger partial charge >= 0.3 is 0 Å². The fourth-order valence-electron chi connectivity index (χ4n) is 1.22. The summed E-state index contributed by atoms with van der Waals surface area (Å²) in [5.74, 6) is 0. The molecule has 0 atom stereocenters. The molecule has 0 saturated heterocycles. The highest BCUT2D eigenvalue weighted by atomic mass is 79.9. The third-order valence-corrected chi connectivity index (χ3v) is 2.59. The van der Waals surface area contributed by atoms with Crippen LogP contribution in [-0.2, 0) is 0 Å². The molecule has 6 heteroatoms. The number of benzene rings is 1. The highest BCUT2D eigenvalue weighted by Gasteiger charge is 2.08. The van der Waals surface area contributed by atoms with Crippen molar-refractivity contribution in [1.29, 1.82) is 5.26 Å². The number of fused-ring (bicyclic) bond motifs is 1. The van der Waals surface area contributed by atoms with Crippen molar-refractivity contribution in [3.05, 3.63) is 22.2 Å². The maximum Gasteiger partial charge on any atom is 0.143 e. The first-order valence-corrected chi connectivity index (χ1v) is 4.84. The molecule has 1 heterocycles. The van der Waals surface area contributed by atoms with Gasteiger partial charge in [0.1, 0.15) is 32.8 Å². The van der Waals surface area contributed by atoms with E-state index in [1.807, 2.05) is 6.07 Å². The first kappa shape index (κ1) is 10.2. The second-order valence-electron chi connectivity index (χ2n) is 2.90. The maximum atomic E-state index is 8.88. The average molecular weight is 254 g/mol. The topological polar surface area (TPSA) is 49.6 Å². The average Bonchev–Trinajstić information content (AvgIpc) is 2.22. The van der Waals surface area contributed by atoms with Crippen molar-refractivity contribution in [3.63, 3.8) is 0 Å². The Morgan fingerprint density at radius 3 is 2.33 bits per heavy atom. The number of nitrogens with zero attached hydrogens (tertiary/aromatic N) is 3. The molecule has 15 heavy (non-hydrogen) atoms. The predicted octanol–water partition coefficient (Wildman–Crippen LogP) is -0.148. The highest BCUT2D eigenvalue weighted by Crippen LogP contribution is 2.21. The summed E-state index contributed by atoms with van der Waals surface area (Å²) >= 11 is 3.31. The van der Waals surface area contributed by atoms with Gasteiger partial charge in [0.05, 0.1) is 5.56 Å². The summed E-state index contributed by atoms with van der Waals surface area (Å²) in [4.78, 5) is 8.12. The van der Waals surface area contributed by atoms with E-state index in [1.165, 1.54) is 0 Å². The second-order valence-corrected chi connectivity index (χ2v) is 3.75. The Labute approximate surface area is 97.5 Å². The van der Waals surface area contributed by atoms with Gasteiger partial charge in [0.25, 0.3) is 0 Å². The van der Waals surface area contributed by atoms with E-state index in [4.69, 9.17) is 21.0 Å². The lowest BCUT2D eigenvalue weighted by Crippen LogP contribution is -2.32. The minimum atomic E-state index is 0.136. The van der Waals surface area contributed by atoms with Gasteiger partial charge in [0.15, 0.2) is 0 Å². The summed E-state index contributed by atoms with van der Waals surface area (Å²) in [6.45, 7) is 0. The Hall–Kier alpha value is -1.34. The van der Waals surface area contributed by atoms with Crippen LogP contribution in [0.2, 0.25) is 0 Å². The van der Waals surface area contributed by atoms with Gasteiger partial charge in [-0.2, -0.15) is 5.26 Å². The van der Waals surface area contributed by atoms with E-state index in [0.29, 0.717) is 16.6 Å². The van der Waals surface area contributed by atoms with Crippen LogP contribution >= 0.6 is 15.9 Å². The Bertz CT molecular complexity index is 592. The van der Waals surface area contributed by atoms with Crippen LogP contribution in [0.15, 0.2) is 16.6 Å². The first-order valence-electron chi connectivity index (χ1n) is 4.05.